The highest BCUT2D eigenvalue weighted by Crippen LogP contribution is 2.39. The molecule has 1 aliphatic rings. The van der Waals surface area contributed by atoms with Gasteiger partial charge in [-0.2, -0.15) is 0 Å². The van der Waals surface area contributed by atoms with E-state index in [1.54, 1.807) is 0 Å². The van der Waals surface area contributed by atoms with Gasteiger partial charge >= 0.3 is 0 Å². The molecule has 1 unspecified atom stereocenters. The number of benzene rings is 2. The van der Waals surface area contributed by atoms with Crippen molar-refractivity contribution in [3.05, 3.63) is 65.7 Å². The molecule has 1 aliphatic heterocycles. The number of nitrogens with one attached hydrogen (secondary N) is 1. The standard InChI is InChI=1S/C19H20N2O2/c1-14(22)20-12-11-17-16-9-5-6-10-18(16)21(19(17)23)13-15-7-3-2-4-8-15/h2-10,17H,11-13H2,1H3,(H,20,22). The Morgan fingerprint density at radius 2 is 1.78 bits per heavy atom. The highest BCUT2D eigenvalue weighted by atomic mass is 16.2. The highest BCUT2D eigenvalue weighted by Gasteiger charge is 2.36. The van der Waals surface area contributed by atoms with Crippen LogP contribution >= 0.6 is 0 Å². The number of fused-ring (bicyclic) bond motifs is 1. The van der Waals surface area contributed by atoms with Crippen molar-refractivity contribution in [3.63, 3.8) is 0 Å². The van der Waals surface area contributed by atoms with Gasteiger partial charge in [0.25, 0.3) is 0 Å². The monoisotopic (exact) mass is 308 g/mol. The highest BCUT2D eigenvalue weighted by molar-refractivity contribution is 6.04. The average Bonchev–Trinajstić information content (AvgIpc) is 2.81. The summed E-state index contributed by atoms with van der Waals surface area (Å²) in [7, 11) is 0. The third-order valence-corrected chi connectivity index (χ3v) is 4.16. The van der Waals surface area contributed by atoms with E-state index in [4.69, 9.17) is 0 Å². The number of hydrogen-bond donors (Lipinski definition) is 1. The summed E-state index contributed by atoms with van der Waals surface area (Å²) in [5, 5.41) is 2.78. The summed E-state index contributed by atoms with van der Waals surface area (Å²) in [5.41, 5.74) is 3.14. The first-order chi connectivity index (χ1) is 11.2. The number of amides is 2. The summed E-state index contributed by atoms with van der Waals surface area (Å²) < 4.78 is 0. The minimum atomic E-state index is -0.179. The second-order valence-corrected chi connectivity index (χ2v) is 5.79. The minimum absolute atomic E-state index is 0.0649. The van der Waals surface area contributed by atoms with E-state index in [0.717, 1.165) is 16.8 Å². The summed E-state index contributed by atoms with van der Waals surface area (Å²) in [6, 6.07) is 17.9. The molecule has 2 aromatic carbocycles. The molecule has 2 amide bonds. The van der Waals surface area contributed by atoms with E-state index >= 15 is 0 Å². The van der Waals surface area contributed by atoms with Crippen LogP contribution in [0.2, 0.25) is 0 Å². The van der Waals surface area contributed by atoms with Gasteiger partial charge in [-0.25, -0.2) is 0 Å². The molecule has 0 bridgehead atoms. The predicted molar refractivity (Wildman–Crippen MR) is 90.1 cm³/mol. The van der Waals surface area contributed by atoms with Gasteiger partial charge in [0.2, 0.25) is 11.8 Å². The summed E-state index contributed by atoms with van der Waals surface area (Å²) >= 11 is 0. The summed E-state index contributed by atoms with van der Waals surface area (Å²) in [6.45, 7) is 2.58. The Labute approximate surface area is 136 Å². The van der Waals surface area contributed by atoms with Crippen molar-refractivity contribution in [1.29, 1.82) is 0 Å². The van der Waals surface area contributed by atoms with Gasteiger partial charge in [-0.1, -0.05) is 48.5 Å². The van der Waals surface area contributed by atoms with E-state index in [0.29, 0.717) is 19.5 Å². The third kappa shape index (κ3) is 3.26. The van der Waals surface area contributed by atoms with E-state index < -0.39 is 0 Å². The number of anilines is 1. The normalized spacial score (nSPS) is 16.3. The number of rotatable bonds is 5. The first-order valence-corrected chi connectivity index (χ1v) is 7.85. The molecule has 0 fully saturated rings. The third-order valence-electron chi connectivity index (χ3n) is 4.16. The molecule has 0 saturated heterocycles. The Kier molecular flexibility index (Phi) is 4.42. The maximum atomic E-state index is 12.9. The molecule has 4 heteroatoms. The summed E-state index contributed by atoms with van der Waals surface area (Å²) in [4.78, 5) is 25.7. The van der Waals surface area contributed by atoms with Crippen molar-refractivity contribution in [2.75, 3.05) is 11.4 Å². The van der Waals surface area contributed by atoms with Crippen LogP contribution in [-0.4, -0.2) is 18.4 Å². The largest absolute Gasteiger partial charge is 0.356 e. The SMILES string of the molecule is CC(=O)NCCC1C(=O)N(Cc2ccccc2)c2ccccc21. The Balaban J connectivity index is 1.81. The van der Waals surface area contributed by atoms with E-state index in [1.165, 1.54) is 6.92 Å². The summed E-state index contributed by atoms with van der Waals surface area (Å²) in [6.07, 6.45) is 0.626. The number of carbonyl (C=O) groups is 2. The zero-order valence-corrected chi connectivity index (χ0v) is 13.2. The molecular weight excluding hydrogens is 288 g/mol. The molecule has 1 N–H and O–H groups in total. The molecule has 3 rings (SSSR count). The van der Waals surface area contributed by atoms with E-state index in [9.17, 15) is 9.59 Å². The van der Waals surface area contributed by atoms with Gasteiger partial charge in [-0.3, -0.25) is 9.59 Å². The van der Waals surface area contributed by atoms with Crippen LogP contribution in [0.4, 0.5) is 5.69 Å². The number of hydrogen-bond acceptors (Lipinski definition) is 2. The molecule has 23 heavy (non-hydrogen) atoms. The Bertz CT molecular complexity index is 712. The van der Waals surface area contributed by atoms with Gasteiger partial charge in [0, 0.05) is 19.2 Å². The molecular formula is C19H20N2O2. The van der Waals surface area contributed by atoms with Gasteiger partial charge in [0.15, 0.2) is 0 Å². The van der Waals surface area contributed by atoms with Crippen LogP contribution in [0, 0.1) is 0 Å². The van der Waals surface area contributed by atoms with Crippen molar-refractivity contribution in [2.24, 2.45) is 0 Å². The number of carbonyl (C=O) groups excluding carboxylic acids is 2. The molecule has 118 valence electrons. The van der Waals surface area contributed by atoms with Crippen LogP contribution in [0.5, 0.6) is 0 Å². The fourth-order valence-electron chi connectivity index (χ4n) is 3.07. The van der Waals surface area contributed by atoms with Gasteiger partial charge in [0.1, 0.15) is 0 Å². The molecule has 0 aromatic heterocycles. The Morgan fingerprint density at radius 1 is 1.09 bits per heavy atom. The smallest absolute Gasteiger partial charge is 0.234 e. The molecule has 0 spiro atoms. The van der Waals surface area contributed by atoms with Crippen molar-refractivity contribution in [1.82, 2.24) is 5.32 Å². The summed E-state index contributed by atoms with van der Waals surface area (Å²) in [5.74, 6) is -0.132. The van der Waals surface area contributed by atoms with Gasteiger partial charge in [-0.15, -0.1) is 0 Å². The minimum Gasteiger partial charge on any atom is -0.356 e. The fourth-order valence-corrected chi connectivity index (χ4v) is 3.07. The first kappa shape index (κ1) is 15.3. The van der Waals surface area contributed by atoms with Crippen molar-refractivity contribution in [2.45, 2.75) is 25.8 Å². The van der Waals surface area contributed by atoms with Crippen molar-refractivity contribution >= 4 is 17.5 Å². The van der Waals surface area contributed by atoms with E-state index in [-0.39, 0.29) is 17.7 Å². The molecule has 0 aliphatic carbocycles. The second kappa shape index (κ2) is 6.65. The van der Waals surface area contributed by atoms with Crippen LogP contribution in [0.3, 0.4) is 0 Å². The molecule has 0 radical (unpaired) electrons. The first-order valence-electron chi connectivity index (χ1n) is 7.85. The number of nitrogens with zero attached hydrogens (tertiary/aromatic N) is 1. The zero-order chi connectivity index (χ0) is 16.2. The average molecular weight is 308 g/mol. The van der Waals surface area contributed by atoms with E-state index in [1.807, 2.05) is 59.5 Å². The maximum Gasteiger partial charge on any atom is 0.234 e. The van der Waals surface area contributed by atoms with E-state index in [2.05, 4.69) is 5.32 Å². The molecule has 1 atom stereocenters. The lowest BCUT2D eigenvalue weighted by atomic mass is 9.97. The Morgan fingerprint density at radius 3 is 2.52 bits per heavy atom. The van der Waals surface area contributed by atoms with Gasteiger partial charge < -0.3 is 10.2 Å². The van der Waals surface area contributed by atoms with Crippen LogP contribution in [-0.2, 0) is 16.1 Å². The molecule has 4 nitrogen and oxygen atoms in total. The molecule has 2 aromatic rings. The number of para-hydroxylation sites is 1. The Hall–Kier alpha value is -2.62. The lowest BCUT2D eigenvalue weighted by molar-refractivity contribution is -0.121. The van der Waals surface area contributed by atoms with Crippen molar-refractivity contribution < 1.29 is 9.59 Å². The molecule has 1 heterocycles. The topological polar surface area (TPSA) is 49.4 Å². The fraction of sp³-hybridized carbons (Fsp3) is 0.263. The molecule has 0 saturated carbocycles. The van der Waals surface area contributed by atoms with Gasteiger partial charge in [-0.05, 0) is 23.6 Å². The quantitative estimate of drug-likeness (QED) is 0.923. The van der Waals surface area contributed by atoms with Gasteiger partial charge in [0.05, 0.1) is 12.5 Å². The van der Waals surface area contributed by atoms with Crippen molar-refractivity contribution in [3.8, 4) is 0 Å². The van der Waals surface area contributed by atoms with Crippen LogP contribution < -0.4 is 10.2 Å². The predicted octanol–water partition coefficient (Wildman–Crippen LogP) is 2.84. The maximum absolute atomic E-state index is 12.9. The zero-order valence-electron chi connectivity index (χ0n) is 13.2. The van der Waals surface area contributed by atoms with Crippen LogP contribution in [0.15, 0.2) is 54.6 Å². The van der Waals surface area contributed by atoms with Crippen LogP contribution in [0.25, 0.3) is 0 Å². The second-order valence-electron chi connectivity index (χ2n) is 5.79. The lowest BCUT2D eigenvalue weighted by Gasteiger charge is -2.18. The van der Waals surface area contributed by atoms with Crippen LogP contribution in [0.1, 0.15) is 30.4 Å². The lowest BCUT2D eigenvalue weighted by Crippen LogP contribution is -2.30.